The van der Waals surface area contributed by atoms with Gasteiger partial charge in [-0.05, 0) is 13.3 Å². The van der Waals surface area contributed by atoms with Gasteiger partial charge in [-0.1, -0.05) is 0 Å². The number of nitrogens with two attached hydrogens (primary N) is 2. The number of hydrogen-bond acceptors (Lipinski definition) is 8. The van der Waals surface area contributed by atoms with Gasteiger partial charge in [0.2, 0.25) is 23.6 Å². The van der Waals surface area contributed by atoms with Crippen LogP contribution in [0.15, 0.2) is 0 Å². The van der Waals surface area contributed by atoms with Crippen molar-refractivity contribution in [3.63, 3.8) is 0 Å². The highest BCUT2D eigenvalue weighted by Gasteiger charge is 2.26. The lowest BCUT2D eigenvalue weighted by atomic mass is 10.1. The molecule has 0 bridgehead atoms. The van der Waals surface area contributed by atoms with E-state index in [9.17, 15) is 29.1 Å². The van der Waals surface area contributed by atoms with Crippen molar-refractivity contribution in [1.82, 2.24) is 16.0 Å². The van der Waals surface area contributed by atoms with E-state index in [0.717, 1.165) is 0 Å². The molecule has 0 saturated carbocycles. The summed E-state index contributed by atoms with van der Waals surface area (Å²) in [5.41, 5.74) is 10.4. The fourth-order valence-electron chi connectivity index (χ4n) is 1.76. The average molecular weight is 407 g/mol. The molecule has 4 amide bonds. The number of carboxylic acids is 1. The summed E-state index contributed by atoms with van der Waals surface area (Å²) in [6.45, 7) is 0.753. The van der Waals surface area contributed by atoms with Crippen LogP contribution in [0.5, 0.6) is 0 Å². The van der Waals surface area contributed by atoms with Crippen LogP contribution in [-0.4, -0.2) is 76.3 Å². The van der Waals surface area contributed by atoms with Crippen LogP contribution in [0.3, 0.4) is 0 Å². The minimum atomic E-state index is -1.32. The molecule has 27 heavy (non-hydrogen) atoms. The number of aliphatic carboxylic acids is 1. The summed E-state index contributed by atoms with van der Waals surface area (Å²) in [6, 6.07) is -3.79. The first kappa shape index (κ1) is 24.6. The van der Waals surface area contributed by atoms with E-state index in [0.29, 0.717) is 0 Å². The second-order valence-corrected chi connectivity index (χ2v) is 6.06. The van der Waals surface area contributed by atoms with Crippen LogP contribution >= 0.6 is 12.6 Å². The van der Waals surface area contributed by atoms with Crippen LogP contribution in [0.1, 0.15) is 19.8 Å². The average Bonchev–Trinajstić information content (AvgIpc) is 2.59. The van der Waals surface area contributed by atoms with Crippen LogP contribution in [0.2, 0.25) is 0 Å². The number of carboxylic acid groups (broad SMARTS) is 1. The zero-order valence-electron chi connectivity index (χ0n) is 14.7. The molecule has 4 unspecified atom stereocenters. The smallest absolute Gasteiger partial charge is 0.327 e. The summed E-state index contributed by atoms with van der Waals surface area (Å²) in [5, 5.41) is 24.8. The number of rotatable bonds is 12. The Bertz CT molecular complexity index is 572. The standard InChI is InChI=1S/C14H25N5O7S/c1-6(20)11(16)13(24)17-4-10(22)18-7(2-3-9(15)21)12(23)19-8(5-27)14(25)26/h6-8,11,20,27H,2-5,16H2,1H3,(H2,15,21)(H,17,24)(H,18,22)(H,19,23)(H,25,26). The molecule has 0 radical (unpaired) electrons. The second-order valence-electron chi connectivity index (χ2n) is 5.69. The van der Waals surface area contributed by atoms with Crippen molar-refractivity contribution in [2.75, 3.05) is 12.3 Å². The monoisotopic (exact) mass is 407 g/mol. The fourth-order valence-corrected chi connectivity index (χ4v) is 2.01. The Kier molecular flexibility index (Phi) is 11.0. The zero-order chi connectivity index (χ0) is 21.1. The van der Waals surface area contributed by atoms with Crippen molar-refractivity contribution in [2.45, 2.75) is 44.0 Å². The highest BCUT2D eigenvalue weighted by Crippen LogP contribution is 2.00. The first-order chi connectivity index (χ1) is 12.5. The predicted molar refractivity (Wildman–Crippen MR) is 96.4 cm³/mol. The first-order valence-electron chi connectivity index (χ1n) is 7.92. The summed E-state index contributed by atoms with van der Waals surface area (Å²) in [5.74, 6) is -4.65. The highest BCUT2D eigenvalue weighted by molar-refractivity contribution is 7.80. The van der Waals surface area contributed by atoms with E-state index in [1.807, 2.05) is 0 Å². The molecule has 0 aliphatic rings. The Morgan fingerprint density at radius 3 is 2.11 bits per heavy atom. The van der Waals surface area contributed by atoms with E-state index >= 15 is 0 Å². The molecule has 0 fully saturated rings. The first-order valence-corrected chi connectivity index (χ1v) is 8.55. The van der Waals surface area contributed by atoms with Gasteiger partial charge >= 0.3 is 5.97 Å². The Labute approximate surface area is 160 Å². The second kappa shape index (κ2) is 12.1. The molecule has 9 N–H and O–H groups in total. The molecule has 13 heteroatoms. The van der Waals surface area contributed by atoms with Crippen molar-refractivity contribution in [3.8, 4) is 0 Å². The van der Waals surface area contributed by atoms with Crippen molar-refractivity contribution in [2.24, 2.45) is 11.5 Å². The van der Waals surface area contributed by atoms with Gasteiger partial charge in [-0.3, -0.25) is 19.2 Å². The highest BCUT2D eigenvalue weighted by atomic mass is 32.1. The molecule has 0 heterocycles. The van der Waals surface area contributed by atoms with Gasteiger partial charge in [0.15, 0.2) is 0 Å². The van der Waals surface area contributed by atoms with E-state index in [4.69, 9.17) is 16.6 Å². The number of hydrogen-bond donors (Lipinski definition) is 8. The number of carbonyl (C=O) groups is 5. The lowest BCUT2D eigenvalue weighted by Crippen LogP contribution is -2.54. The quantitative estimate of drug-likeness (QED) is 0.149. The van der Waals surface area contributed by atoms with E-state index < -0.39 is 60.4 Å². The molecule has 4 atom stereocenters. The van der Waals surface area contributed by atoms with Crippen LogP contribution in [0, 0.1) is 0 Å². The molecule has 0 aromatic rings. The molecule has 0 aliphatic carbocycles. The maximum atomic E-state index is 12.2. The van der Waals surface area contributed by atoms with Crippen LogP contribution in [0.4, 0.5) is 0 Å². The molecule has 0 aromatic carbocycles. The topological polar surface area (TPSA) is 214 Å². The molecule has 0 rings (SSSR count). The summed E-state index contributed by atoms with van der Waals surface area (Å²) in [7, 11) is 0. The van der Waals surface area contributed by atoms with E-state index in [1.165, 1.54) is 6.92 Å². The van der Waals surface area contributed by atoms with Gasteiger partial charge < -0.3 is 37.6 Å². The van der Waals surface area contributed by atoms with Crippen molar-refractivity contribution < 1.29 is 34.2 Å². The lowest BCUT2D eigenvalue weighted by Gasteiger charge is -2.21. The molecular formula is C14H25N5O7S. The Balaban J connectivity index is 4.86. The maximum absolute atomic E-state index is 12.2. The summed E-state index contributed by atoms with van der Waals surface area (Å²) in [6.07, 6.45) is -1.54. The van der Waals surface area contributed by atoms with Gasteiger partial charge in [0, 0.05) is 12.2 Å². The van der Waals surface area contributed by atoms with E-state index in [2.05, 4.69) is 28.6 Å². The molecular weight excluding hydrogens is 382 g/mol. The van der Waals surface area contributed by atoms with E-state index in [1.54, 1.807) is 0 Å². The Morgan fingerprint density at radius 2 is 1.67 bits per heavy atom. The largest absolute Gasteiger partial charge is 0.480 e. The summed E-state index contributed by atoms with van der Waals surface area (Å²) < 4.78 is 0. The van der Waals surface area contributed by atoms with Gasteiger partial charge in [-0.15, -0.1) is 0 Å². The third kappa shape index (κ3) is 9.77. The number of amides is 4. The van der Waals surface area contributed by atoms with E-state index in [-0.39, 0.29) is 18.6 Å². The molecule has 0 aromatic heterocycles. The minimum Gasteiger partial charge on any atom is -0.480 e. The third-order valence-corrected chi connectivity index (χ3v) is 3.74. The maximum Gasteiger partial charge on any atom is 0.327 e. The van der Waals surface area contributed by atoms with Crippen LogP contribution in [0.25, 0.3) is 0 Å². The molecule has 0 aliphatic heterocycles. The third-order valence-electron chi connectivity index (χ3n) is 3.37. The Hall–Kier alpha value is -2.38. The molecule has 12 nitrogen and oxygen atoms in total. The molecule has 0 spiro atoms. The zero-order valence-corrected chi connectivity index (χ0v) is 15.6. The van der Waals surface area contributed by atoms with Gasteiger partial charge in [0.1, 0.15) is 18.1 Å². The predicted octanol–water partition coefficient (Wildman–Crippen LogP) is -3.94. The lowest BCUT2D eigenvalue weighted by molar-refractivity contribution is -0.141. The number of primary amides is 1. The molecule has 0 saturated heterocycles. The van der Waals surface area contributed by atoms with Crippen molar-refractivity contribution in [3.05, 3.63) is 0 Å². The van der Waals surface area contributed by atoms with Gasteiger partial charge in [0.25, 0.3) is 0 Å². The number of thiol groups is 1. The normalized spacial score (nSPS) is 15.0. The van der Waals surface area contributed by atoms with Gasteiger partial charge in [-0.25, -0.2) is 4.79 Å². The number of aliphatic hydroxyl groups is 1. The van der Waals surface area contributed by atoms with Crippen molar-refractivity contribution in [1.29, 1.82) is 0 Å². The van der Waals surface area contributed by atoms with Crippen LogP contribution in [-0.2, 0) is 24.0 Å². The van der Waals surface area contributed by atoms with Gasteiger partial charge in [0.05, 0.1) is 12.6 Å². The number of aliphatic hydroxyl groups excluding tert-OH is 1. The van der Waals surface area contributed by atoms with Crippen molar-refractivity contribution >= 4 is 42.2 Å². The number of carbonyl (C=O) groups excluding carboxylic acids is 4. The minimum absolute atomic E-state index is 0.174. The summed E-state index contributed by atoms with van der Waals surface area (Å²) in [4.78, 5) is 57.6. The molecule has 154 valence electrons. The summed E-state index contributed by atoms with van der Waals surface area (Å²) >= 11 is 3.81. The van der Waals surface area contributed by atoms with Gasteiger partial charge in [-0.2, -0.15) is 12.6 Å². The SMILES string of the molecule is CC(O)C(N)C(=O)NCC(=O)NC(CCC(N)=O)C(=O)NC(CS)C(=O)O. The number of nitrogens with one attached hydrogen (secondary N) is 3. The fraction of sp³-hybridized carbons (Fsp3) is 0.643. The Morgan fingerprint density at radius 1 is 1.07 bits per heavy atom. The van der Waals surface area contributed by atoms with Crippen LogP contribution < -0.4 is 27.4 Å².